The third-order valence-corrected chi connectivity index (χ3v) is 5.27. The molecule has 0 spiro atoms. The first-order valence-corrected chi connectivity index (χ1v) is 7.82. The maximum atomic E-state index is 12.1. The van der Waals surface area contributed by atoms with Gasteiger partial charge in [0.15, 0.2) is 0 Å². The van der Waals surface area contributed by atoms with Crippen molar-refractivity contribution in [3.63, 3.8) is 0 Å². The van der Waals surface area contributed by atoms with Crippen LogP contribution in [0.5, 0.6) is 0 Å². The van der Waals surface area contributed by atoms with Gasteiger partial charge in [-0.1, -0.05) is 0 Å². The van der Waals surface area contributed by atoms with Crippen LogP contribution in [0.15, 0.2) is 0 Å². The highest BCUT2D eigenvalue weighted by atomic mass is 32.2. The summed E-state index contributed by atoms with van der Waals surface area (Å²) in [5.41, 5.74) is 0. The Kier molecular flexibility index (Phi) is 5.85. The molecule has 1 rings (SSSR count). The first kappa shape index (κ1) is 14.9. The molecule has 5 nitrogen and oxygen atoms in total. The molecule has 1 heterocycles. The smallest absolute Gasteiger partial charge is 0.214 e. The number of ether oxygens (including phenoxy) is 1. The van der Waals surface area contributed by atoms with Crippen LogP contribution in [0.4, 0.5) is 0 Å². The van der Waals surface area contributed by atoms with Gasteiger partial charge in [-0.15, -0.1) is 0 Å². The van der Waals surface area contributed by atoms with E-state index in [0.717, 1.165) is 19.4 Å². The summed E-state index contributed by atoms with van der Waals surface area (Å²) in [4.78, 5) is 0. The van der Waals surface area contributed by atoms with Gasteiger partial charge in [-0.3, -0.25) is 0 Å². The summed E-state index contributed by atoms with van der Waals surface area (Å²) in [6, 6.07) is 0.00398. The molecule has 0 saturated carbocycles. The van der Waals surface area contributed by atoms with Gasteiger partial charge in [0.05, 0.1) is 17.9 Å². The fraction of sp³-hybridized carbons (Fsp3) is 1.00. The Morgan fingerprint density at radius 2 is 2.12 bits per heavy atom. The third-order valence-electron chi connectivity index (χ3n) is 3.32. The summed E-state index contributed by atoms with van der Waals surface area (Å²) < 4.78 is 31.1. The first-order chi connectivity index (χ1) is 7.99. The molecule has 1 fully saturated rings. The maximum absolute atomic E-state index is 12.1. The van der Waals surface area contributed by atoms with E-state index in [1.54, 1.807) is 7.05 Å². The molecule has 0 aromatic heterocycles. The van der Waals surface area contributed by atoms with Crippen LogP contribution in [0.3, 0.4) is 0 Å². The number of unbranched alkanes of at least 4 members (excludes halogenated alkanes) is 1. The number of sulfonamides is 1. The van der Waals surface area contributed by atoms with E-state index in [1.807, 2.05) is 14.0 Å². The van der Waals surface area contributed by atoms with Crippen LogP contribution in [0.25, 0.3) is 0 Å². The Hall–Kier alpha value is -0.170. The molecule has 1 N–H and O–H groups in total. The van der Waals surface area contributed by atoms with Gasteiger partial charge in [0.25, 0.3) is 0 Å². The van der Waals surface area contributed by atoms with Gasteiger partial charge in [0.1, 0.15) is 0 Å². The Bertz CT molecular complexity index is 319. The van der Waals surface area contributed by atoms with E-state index in [0.29, 0.717) is 13.0 Å². The molecule has 1 aliphatic rings. The average molecular weight is 264 g/mol. The predicted octanol–water partition coefficient (Wildman–Crippen LogP) is 0.425. The zero-order valence-corrected chi connectivity index (χ0v) is 11.8. The lowest BCUT2D eigenvalue weighted by Crippen LogP contribution is -2.42. The van der Waals surface area contributed by atoms with Crippen LogP contribution < -0.4 is 5.32 Å². The second-order valence-electron chi connectivity index (χ2n) is 4.57. The lowest BCUT2D eigenvalue weighted by Gasteiger charge is -2.25. The highest BCUT2D eigenvalue weighted by molar-refractivity contribution is 7.89. The molecule has 0 aromatic rings. The van der Waals surface area contributed by atoms with Crippen molar-refractivity contribution in [3.8, 4) is 0 Å². The molecule has 17 heavy (non-hydrogen) atoms. The van der Waals surface area contributed by atoms with Crippen molar-refractivity contribution in [1.29, 1.82) is 0 Å². The molecule has 0 aromatic carbocycles. The Balaban J connectivity index is 2.45. The van der Waals surface area contributed by atoms with Crippen LogP contribution in [0, 0.1) is 0 Å². The van der Waals surface area contributed by atoms with Gasteiger partial charge in [0, 0.05) is 13.7 Å². The van der Waals surface area contributed by atoms with E-state index in [9.17, 15) is 8.42 Å². The van der Waals surface area contributed by atoms with Gasteiger partial charge in [-0.25, -0.2) is 8.42 Å². The minimum Gasteiger partial charge on any atom is -0.377 e. The van der Waals surface area contributed by atoms with Gasteiger partial charge >= 0.3 is 0 Å². The van der Waals surface area contributed by atoms with Crippen molar-refractivity contribution in [1.82, 2.24) is 9.62 Å². The fourth-order valence-corrected chi connectivity index (χ4v) is 3.68. The fourth-order valence-electron chi connectivity index (χ4n) is 2.13. The molecule has 2 atom stereocenters. The summed E-state index contributed by atoms with van der Waals surface area (Å²) in [5, 5.41) is 3.02. The minimum absolute atomic E-state index is 0.00398. The van der Waals surface area contributed by atoms with Crippen LogP contribution in [-0.2, 0) is 14.8 Å². The van der Waals surface area contributed by atoms with Gasteiger partial charge in [-0.05, 0) is 39.8 Å². The number of nitrogens with zero attached hydrogens (tertiary/aromatic N) is 1. The zero-order valence-electron chi connectivity index (χ0n) is 11.0. The van der Waals surface area contributed by atoms with Crippen molar-refractivity contribution in [3.05, 3.63) is 0 Å². The van der Waals surface area contributed by atoms with E-state index in [1.165, 1.54) is 4.31 Å². The number of rotatable bonds is 7. The van der Waals surface area contributed by atoms with E-state index in [2.05, 4.69) is 5.32 Å². The summed E-state index contributed by atoms with van der Waals surface area (Å²) in [5.74, 6) is 0.231. The largest absolute Gasteiger partial charge is 0.377 e. The molecule has 1 aliphatic heterocycles. The Morgan fingerprint density at radius 1 is 1.41 bits per heavy atom. The monoisotopic (exact) mass is 264 g/mol. The maximum Gasteiger partial charge on any atom is 0.214 e. The van der Waals surface area contributed by atoms with Gasteiger partial charge in [0.2, 0.25) is 10.0 Å². The van der Waals surface area contributed by atoms with E-state index >= 15 is 0 Å². The molecule has 2 unspecified atom stereocenters. The lowest BCUT2D eigenvalue weighted by atomic mass is 10.2. The first-order valence-electron chi connectivity index (χ1n) is 6.21. The summed E-state index contributed by atoms with van der Waals surface area (Å²) in [6.45, 7) is 3.46. The van der Waals surface area contributed by atoms with E-state index in [4.69, 9.17) is 4.74 Å². The van der Waals surface area contributed by atoms with E-state index in [-0.39, 0.29) is 17.9 Å². The molecular formula is C11H24N2O3S. The third kappa shape index (κ3) is 4.21. The second kappa shape index (κ2) is 6.68. The number of nitrogens with one attached hydrogen (secondary N) is 1. The standard InChI is InChI=1S/C11H24N2O3S/c1-10-11(6-8-16-10)13(3)17(14,15)9-5-4-7-12-2/h10-12H,4-9H2,1-3H3. The molecule has 102 valence electrons. The summed E-state index contributed by atoms with van der Waals surface area (Å²) in [7, 11) is 0.412. The SMILES string of the molecule is CNCCCCS(=O)(=O)N(C)C1CCOC1C. The number of hydrogen-bond acceptors (Lipinski definition) is 4. The summed E-state index contributed by atoms with van der Waals surface area (Å²) in [6.07, 6.45) is 2.40. The normalized spacial score (nSPS) is 25.6. The van der Waals surface area contributed by atoms with E-state index < -0.39 is 10.0 Å². The molecule has 1 saturated heterocycles. The quantitative estimate of drug-likeness (QED) is 0.677. The van der Waals surface area contributed by atoms with Crippen LogP contribution in [-0.4, -0.2) is 57.9 Å². The van der Waals surface area contributed by atoms with Gasteiger partial charge < -0.3 is 10.1 Å². The van der Waals surface area contributed by atoms with Crippen molar-refractivity contribution in [2.75, 3.05) is 33.0 Å². The highest BCUT2D eigenvalue weighted by Gasteiger charge is 2.33. The van der Waals surface area contributed by atoms with Crippen molar-refractivity contribution in [2.24, 2.45) is 0 Å². The topological polar surface area (TPSA) is 58.6 Å². The molecule has 0 amide bonds. The lowest BCUT2D eigenvalue weighted by molar-refractivity contribution is 0.102. The number of hydrogen-bond donors (Lipinski definition) is 1. The second-order valence-corrected chi connectivity index (χ2v) is 6.72. The average Bonchev–Trinajstić information content (AvgIpc) is 2.70. The van der Waals surface area contributed by atoms with Crippen LogP contribution in [0.2, 0.25) is 0 Å². The molecule has 0 aliphatic carbocycles. The van der Waals surface area contributed by atoms with Crippen molar-refractivity contribution < 1.29 is 13.2 Å². The molecule has 0 bridgehead atoms. The van der Waals surface area contributed by atoms with Crippen LogP contribution >= 0.6 is 0 Å². The predicted molar refractivity (Wildman–Crippen MR) is 68.5 cm³/mol. The molecule has 6 heteroatoms. The molecular weight excluding hydrogens is 240 g/mol. The van der Waals surface area contributed by atoms with Crippen LogP contribution in [0.1, 0.15) is 26.2 Å². The van der Waals surface area contributed by atoms with Crippen molar-refractivity contribution >= 4 is 10.0 Å². The Labute approximate surface area is 105 Å². The number of likely N-dealkylation sites (N-methyl/N-ethyl adjacent to an activating group) is 1. The van der Waals surface area contributed by atoms with Gasteiger partial charge in [-0.2, -0.15) is 4.31 Å². The zero-order chi connectivity index (χ0) is 12.9. The summed E-state index contributed by atoms with van der Waals surface area (Å²) >= 11 is 0. The van der Waals surface area contributed by atoms with Crippen molar-refractivity contribution in [2.45, 2.75) is 38.3 Å². The Morgan fingerprint density at radius 3 is 2.65 bits per heavy atom. The minimum atomic E-state index is -3.13. The highest BCUT2D eigenvalue weighted by Crippen LogP contribution is 2.21. The molecule has 0 radical (unpaired) electrons.